The van der Waals surface area contributed by atoms with Crippen molar-refractivity contribution in [3.63, 3.8) is 0 Å². The Hall–Kier alpha value is -3.04. The number of hydrogen-bond donors (Lipinski definition) is 0. The topological polar surface area (TPSA) is 52.1 Å². The normalized spacial score (nSPS) is 17.8. The van der Waals surface area contributed by atoms with E-state index in [2.05, 4.69) is 34.3 Å². The molecule has 3 aromatic rings. The van der Waals surface area contributed by atoms with Crippen molar-refractivity contribution in [1.29, 1.82) is 0 Å². The maximum Gasteiger partial charge on any atom is 0.148 e. The molecule has 1 saturated carbocycles. The van der Waals surface area contributed by atoms with Crippen LogP contribution in [0.2, 0.25) is 0 Å². The maximum atomic E-state index is 13.8. The summed E-state index contributed by atoms with van der Waals surface area (Å²) in [6, 6.07) is 11.7. The second kappa shape index (κ2) is 8.24. The zero-order valence-electron chi connectivity index (χ0n) is 17.7. The zero-order chi connectivity index (χ0) is 22.2. The first-order valence-electron chi connectivity index (χ1n) is 10.1. The van der Waals surface area contributed by atoms with Gasteiger partial charge in [0, 0.05) is 17.0 Å². The van der Waals surface area contributed by atoms with Gasteiger partial charge in [-0.2, -0.15) is 0 Å². The predicted octanol–water partition coefficient (Wildman–Crippen LogP) is 5.59. The number of ether oxygens (including phenoxy) is 1. The first kappa shape index (κ1) is 21.2. The third-order valence-electron chi connectivity index (χ3n) is 5.30. The van der Waals surface area contributed by atoms with E-state index in [1.807, 2.05) is 19.1 Å². The number of aldehydes is 1. The molecule has 2 aromatic carbocycles. The molecule has 1 aliphatic carbocycles. The van der Waals surface area contributed by atoms with E-state index < -0.39 is 5.67 Å². The molecular weight excluding hydrogens is 411 g/mol. The molecule has 4 nitrogen and oxygen atoms in total. The number of terminal acetylenes is 1. The number of aryl methyl sites for hydroxylation is 1. The standard InChI is InChI=1S/C25H23FN2O2S/c1-5-16-11-18(7-9-22(16)30-14-25(3,4)26)23-27-28-24(31-23)20-8-6-17(10-15(20)2)21-12-19(21)13-29/h1,6-11,13,19,21H,12,14H2,2-4H3. The lowest BCUT2D eigenvalue weighted by Gasteiger charge is -2.16. The summed E-state index contributed by atoms with van der Waals surface area (Å²) < 4.78 is 19.3. The zero-order valence-corrected chi connectivity index (χ0v) is 18.5. The van der Waals surface area contributed by atoms with Crippen LogP contribution in [-0.2, 0) is 4.79 Å². The minimum Gasteiger partial charge on any atom is -0.489 e. The van der Waals surface area contributed by atoms with Crippen molar-refractivity contribution in [2.45, 2.75) is 38.8 Å². The van der Waals surface area contributed by atoms with E-state index in [1.165, 1.54) is 30.7 Å². The van der Waals surface area contributed by atoms with E-state index in [-0.39, 0.29) is 12.5 Å². The molecule has 0 N–H and O–H groups in total. The van der Waals surface area contributed by atoms with Gasteiger partial charge in [0.2, 0.25) is 0 Å². The van der Waals surface area contributed by atoms with Gasteiger partial charge in [0.25, 0.3) is 0 Å². The lowest BCUT2D eigenvalue weighted by Crippen LogP contribution is -2.22. The molecule has 0 spiro atoms. The van der Waals surface area contributed by atoms with Crippen LogP contribution in [-0.4, -0.2) is 28.8 Å². The largest absolute Gasteiger partial charge is 0.489 e. The highest BCUT2D eigenvalue weighted by Crippen LogP contribution is 2.46. The highest BCUT2D eigenvalue weighted by atomic mass is 32.1. The summed E-state index contributed by atoms with van der Waals surface area (Å²) in [7, 11) is 0. The molecule has 0 radical (unpaired) electrons. The summed E-state index contributed by atoms with van der Waals surface area (Å²) in [5.74, 6) is 3.59. The van der Waals surface area contributed by atoms with Gasteiger partial charge < -0.3 is 9.53 Å². The van der Waals surface area contributed by atoms with Crippen LogP contribution in [0.3, 0.4) is 0 Å². The summed E-state index contributed by atoms with van der Waals surface area (Å²) in [6.45, 7) is 4.89. The Morgan fingerprint density at radius 1 is 1.26 bits per heavy atom. The highest BCUT2D eigenvalue weighted by Gasteiger charge is 2.38. The van der Waals surface area contributed by atoms with Crippen molar-refractivity contribution >= 4 is 17.6 Å². The molecule has 1 aromatic heterocycles. The number of rotatable bonds is 7. The third-order valence-corrected chi connectivity index (χ3v) is 6.31. The third kappa shape index (κ3) is 4.67. The summed E-state index contributed by atoms with van der Waals surface area (Å²) in [5, 5.41) is 10.3. The second-order valence-electron chi connectivity index (χ2n) is 8.49. The molecule has 0 amide bonds. The molecule has 2 unspecified atom stereocenters. The van der Waals surface area contributed by atoms with Crippen LogP contribution >= 0.6 is 11.3 Å². The smallest absolute Gasteiger partial charge is 0.148 e. The monoisotopic (exact) mass is 434 g/mol. The molecule has 31 heavy (non-hydrogen) atoms. The predicted molar refractivity (Wildman–Crippen MR) is 121 cm³/mol. The Kier molecular flexibility index (Phi) is 5.63. The average molecular weight is 435 g/mol. The van der Waals surface area contributed by atoms with E-state index >= 15 is 0 Å². The van der Waals surface area contributed by atoms with Gasteiger partial charge in [0.15, 0.2) is 0 Å². The summed E-state index contributed by atoms with van der Waals surface area (Å²) in [4.78, 5) is 11.0. The number of hydrogen-bond acceptors (Lipinski definition) is 5. The fraction of sp³-hybridized carbons (Fsp3) is 0.320. The average Bonchev–Trinajstić information content (AvgIpc) is 3.38. The molecule has 1 aliphatic rings. The van der Waals surface area contributed by atoms with Gasteiger partial charge in [0.05, 0.1) is 5.56 Å². The van der Waals surface area contributed by atoms with Gasteiger partial charge in [-0.1, -0.05) is 35.5 Å². The Bertz CT molecular complexity index is 1170. The molecule has 0 saturated heterocycles. The van der Waals surface area contributed by atoms with Crippen LogP contribution in [0.25, 0.3) is 21.1 Å². The van der Waals surface area contributed by atoms with Gasteiger partial charge >= 0.3 is 0 Å². The molecular formula is C25H23FN2O2S. The second-order valence-corrected chi connectivity index (χ2v) is 9.47. The maximum absolute atomic E-state index is 13.8. The van der Waals surface area contributed by atoms with E-state index in [1.54, 1.807) is 6.07 Å². The van der Waals surface area contributed by atoms with Crippen LogP contribution in [0.5, 0.6) is 5.75 Å². The van der Waals surface area contributed by atoms with Crippen molar-refractivity contribution < 1.29 is 13.9 Å². The van der Waals surface area contributed by atoms with Crippen LogP contribution in [0.1, 0.15) is 42.9 Å². The van der Waals surface area contributed by atoms with Gasteiger partial charge in [-0.25, -0.2) is 4.39 Å². The molecule has 1 fully saturated rings. The molecule has 6 heteroatoms. The molecule has 0 bridgehead atoms. The number of carbonyl (C=O) groups is 1. The minimum absolute atomic E-state index is 0.0757. The molecule has 2 atom stereocenters. The van der Waals surface area contributed by atoms with Crippen molar-refractivity contribution in [3.8, 4) is 39.2 Å². The number of benzene rings is 2. The fourth-order valence-corrected chi connectivity index (χ4v) is 4.44. The lowest BCUT2D eigenvalue weighted by molar-refractivity contribution is -0.108. The Morgan fingerprint density at radius 3 is 2.68 bits per heavy atom. The summed E-state index contributed by atoms with van der Waals surface area (Å²) >= 11 is 1.48. The van der Waals surface area contributed by atoms with Crippen LogP contribution < -0.4 is 4.74 Å². The van der Waals surface area contributed by atoms with Crippen molar-refractivity contribution in [1.82, 2.24) is 10.2 Å². The van der Waals surface area contributed by atoms with Crippen molar-refractivity contribution in [2.75, 3.05) is 6.61 Å². The van der Waals surface area contributed by atoms with E-state index in [4.69, 9.17) is 11.2 Å². The number of alkyl halides is 1. The Labute approximate surface area is 185 Å². The van der Waals surface area contributed by atoms with Crippen LogP contribution in [0.4, 0.5) is 4.39 Å². The van der Waals surface area contributed by atoms with Crippen molar-refractivity contribution in [2.24, 2.45) is 5.92 Å². The number of carbonyl (C=O) groups excluding carboxylic acids is 1. The van der Waals surface area contributed by atoms with Crippen LogP contribution in [0.15, 0.2) is 36.4 Å². The van der Waals surface area contributed by atoms with Crippen molar-refractivity contribution in [3.05, 3.63) is 53.1 Å². The van der Waals surface area contributed by atoms with Gasteiger partial charge in [-0.3, -0.25) is 0 Å². The Balaban J connectivity index is 1.56. The van der Waals surface area contributed by atoms with E-state index in [0.29, 0.717) is 17.2 Å². The van der Waals surface area contributed by atoms with Gasteiger partial charge in [-0.05, 0) is 62.4 Å². The molecule has 1 heterocycles. The summed E-state index contributed by atoms with van der Waals surface area (Å²) in [6.07, 6.45) is 7.62. The molecule has 158 valence electrons. The number of halogens is 1. The molecule has 4 rings (SSSR count). The van der Waals surface area contributed by atoms with E-state index in [9.17, 15) is 9.18 Å². The first-order valence-corrected chi connectivity index (χ1v) is 10.9. The summed E-state index contributed by atoms with van der Waals surface area (Å²) in [5.41, 5.74) is 3.28. The molecule has 0 aliphatic heterocycles. The van der Waals surface area contributed by atoms with E-state index in [0.717, 1.165) is 39.4 Å². The minimum atomic E-state index is -1.44. The highest BCUT2D eigenvalue weighted by molar-refractivity contribution is 7.17. The quantitative estimate of drug-likeness (QED) is 0.359. The first-order chi connectivity index (χ1) is 14.8. The SMILES string of the molecule is C#Cc1cc(-c2nnc(-c3ccc(C4CC4C=O)cc3C)s2)ccc1OCC(C)(C)F. The van der Waals surface area contributed by atoms with Crippen LogP contribution in [0, 0.1) is 25.2 Å². The fourth-order valence-electron chi connectivity index (χ4n) is 3.51. The Morgan fingerprint density at radius 2 is 2.03 bits per heavy atom. The number of nitrogens with zero attached hydrogens (tertiary/aromatic N) is 2. The number of aromatic nitrogens is 2. The van der Waals surface area contributed by atoms with Gasteiger partial charge in [0.1, 0.15) is 34.3 Å². The van der Waals surface area contributed by atoms with Gasteiger partial charge in [-0.15, -0.1) is 16.6 Å². The lowest BCUT2D eigenvalue weighted by atomic mass is 10.0.